The number of amides is 1. The number of rotatable bonds is 6. The number of hydrogen-bond acceptors (Lipinski definition) is 3. The van der Waals surface area contributed by atoms with Gasteiger partial charge in [-0.25, -0.2) is 0 Å². The maximum Gasteiger partial charge on any atom is 0.255 e. The van der Waals surface area contributed by atoms with E-state index in [1.807, 2.05) is 19.1 Å². The summed E-state index contributed by atoms with van der Waals surface area (Å²) in [6.07, 6.45) is 5.45. The van der Waals surface area contributed by atoms with Gasteiger partial charge in [0.1, 0.15) is 5.75 Å². The number of aliphatic hydroxyl groups excluding tert-OH is 1. The first-order chi connectivity index (χ1) is 10.2. The van der Waals surface area contributed by atoms with Crippen molar-refractivity contribution in [2.45, 2.75) is 39.0 Å². The first-order valence-corrected chi connectivity index (χ1v) is 7.82. The highest BCUT2D eigenvalue weighted by Crippen LogP contribution is 2.35. The fourth-order valence-corrected chi connectivity index (χ4v) is 2.99. The van der Waals surface area contributed by atoms with Crippen LogP contribution in [-0.4, -0.2) is 30.8 Å². The van der Waals surface area contributed by atoms with Crippen molar-refractivity contribution in [1.82, 2.24) is 5.32 Å². The van der Waals surface area contributed by atoms with Crippen LogP contribution in [0.2, 0.25) is 0 Å². The van der Waals surface area contributed by atoms with Gasteiger partial charge in [0, 0.05) is 12.0 Å². The second kappa shape index (κ2) is 7.46. The minimum atomic E-state index is -0.144. The molecule has 1 aliphatic rings. The SMILES string of the molecule is CCOc1ccccc1C(=O)NCC1(CO)CCCCC1. The molecular weight excluding hydrogens is 266 g/mol. The summed E-state index contributed by atoms with van der Waals surface area (Å²) in [5, 5.41) is 12.7. The average molecular weight is 291 g/mol. The molecule has 1 amide bonds. The Morgan fingerprint density at radius 2 is 2.00 bits per heavy atom. The van der Waals surface area contributed by atoms with Gasteiger partial charge in [-0.1, -0.05) is 31.4 Å². The number of hydrogen-bond donors (Lipinski definition) is 2. The van der Waals surface area contributed by atoms with Gasteiger partial charge in [0.05, 0.1) is 18.8 Å². The van der Waals surface area contributed by atoms with E-state index in [-0.39, 0.29) is 17.9 Å². The highest BCUT2D eigenvalue weighted by Gasteiger charge is 2.32. The molecular formula is C17H25NO3. The first kappa shape index (κ1) is 15.8. The normalized spacial score (nSPS) is 17.2. The lowest BCUT2D eigenvalue weighted by atomic mass is 9.74. The smallest absolute Gasteiger partial charge is 0.255 e. The van der Waals surface area contributed by atoms with Crippen LogP contribution in [0, 0.1) is 5.41 Å². The predicted molar refractivity (Wildman–Crippen MR) is 82.5 cm³/mol. The summed E-state index contributed by atoms with van der Waals surface area (Å²) in [5.74, 6) is 0.483. The van der Waals surface area contributed by atoms with Gasteiger partial charge in [-0.15, -0.1) is 0 Å². The summed E-state index contributed by atoms with van der Waals surface area (Å²) in [7, 11) is 0. The van der Waals surface area contributed by atoms with E-state index < -0.39 is 0 Å². The molecule has 2 N–H and O–H groups in total. The number of aliphatic hydroxyl groups is 1. The molecule has 1 aromatic rings. The second-order valence-electron chi connectivity index (χ2n) is 5.83. The van der Waals surface area contributed by atoms with E-state index in [9.17, 15) is 9.90 Å². The molecule has 116 valence electrons. The van der Waals surface area contributed by atoms with Crippen molar-refractivity contribution in [1.29, 1.82) is 0 Å². The van der Waals surface area contributed by atoms with E-state index in [2.05, 4.69) is 5.32 Å². The Kier molecular flexibility index (Phi) is 5.62. The van der Waals surface area contributed by atoms with E-state index in [0.29, 0.717) is 24.5 Å². The minimum Gasteiger partial charge on any atom is -0.493 e. The number of ether oxygens (including phenoxy) is 1. The molecule has 1 aromatic carbocycles. The minimum absolute atomic E-state index is 0.127. The van der Waals surface area contributed by atoms with E-state index in [4.69, 9.17) is 4.74 Å². The number of benzene rings is 1. The zero-order valence-electron chi connectivity index (χ0n) is 12.7. The Hall–Kier alpha value is -1.55. The molecule has 0 saturated heterocycles. The zero-order valence-corrected chi connectivity index (χ0v) is 12.7. The molecule has 21 heavy (non-hydrogen) atoms. The van der Waals surface area contributed by atoms with E-state index in [1.54, 1.807) is 12.1 Å². The monoisotopic (exact) mass is 291 g/mol. The molecule has 0 unspecified atom stereocenters. The average Bonchev–Trinajstić information content (AvgIpc) is 2.54. The maximum absolute atomic E-state index is 12.4. The molecule has 0 aromatic heterocycles. The van der Waals surface area contributed by atoms with Crippen LogP contribution in [0.1, 0.15) is 49.4 Å². The summed E-state index contributed by atoms with van der Waals surface area (Å²) in [6.45, 7) is 3.10. The Bertz CT molecular complexity index is 467. The van der Waals surface area contributed by atoms with E-state index in [0.717, 1.165) is 25.7 Å². The van der Waals surface area contributed by atoms with Crippen molar-refractivity contribution in [3.63, 3.8) is 0 Å². The third-order valence-electron chi connectivity index (χ3n) is 4.31. The second-order valence-corrected chi connectivity index (χ2v) is 5.83. The summed E-state index contributed by atoms with van der Waals surface area (Å²) in [4.78, 5) is 12.4. The predicted octanol–water partition coefficient (Wildman–Crippen LogP) is 2.76. The van der Waals surface area contributed by atoms with Crippen LogP contribution in [0.5, 0.6) is 5.75 Å². The van der Waals surface area contributed by atoms with Gasteiger partial charge in [-0.3, -0.25) is 4.79 Å². The van der Waals surface area contributed by atoms with Gasteiger partial charge in [0.2, 0.25) is 0 Å². The van der Waals surface area contributed by atoms with Crippen LogP contribution in [-0.2, 0) is 0 Å². The van der Waals surface area contributed by atoms with Crippen LogP contribution >= 0.6 is 0 Å². The Morgan fingerprint density at radius 1 is 1.29 bits per heavy atom. The summed E-state index contributed by atoms with van der Waals surface area (Å²) < 4.78 is 5.49. The molecule has 2 rings (SSSR count). The molecule has 0 atom stereocenters. The zero-order chi connectivity index (χ0) is 15.1. The molecule has 0 spiro atoms. The lowest BCUT2D eigenvalue weighted by Crippen LogP contribution is -2.41. The lowest BCUT2D eigenvalue weighted by molar-refractivity contribution is 0.0716. The van der Waals surface area contributed by atoms with Crippen molar-refractivity contribution in [3.8, 4) is 5.75 Å². The largest absolute Gasteiger partial charge is 0.493 e. The van der Waals surface area contributed by atoms with Crippen LogP contribution < -0.4 is 10.1 Å². The molecule has 0 radical (unpaired) electrons. The van der Waals surface area contributed by atoms with E-state index in [1.165, 1.54) is 6.42 Å². The molecule has 1 aliphatic carbocycles. The Balaban J connectivity index is 2.01. The molecule has 0 heterocycles. The lowest BCUT2D eigenvalue weighted by Gasteiger charge is -2.35. The highest BCUT2D eigenvalue weighted by molar-refractivity contribution is 5.96. The Morgan fingerprint density at radius 3 is 2.67 bits per heavy atom. The number of para-hydroxylation sites is 1. The van der Waals surface area contributed by atoms with Gasteiger partial charge in [0.25, 0.3) is 5.91 Å². The first-order valence-electron chi connectivity index (χ1n) is 7.82. The third-order valence-corrected chi connectivity index (χ3v) is 4.31. The molecule has 0 aliphatic heterocycles. The number of nitrogens with one attached hydrogen (secondary N) is 1. The van der Waals surface area contributed by atoms with Crippen molar-refractivity contribution in [3.05, 3.63) is 29.8 Å². The number of carbonyl (C=O) groups is 1. The van der Waals surface area contributed by atoms with Crippen LogP contribution in [0.25, 0.3) is 0 Å². The van der Waals surface area contributed by atoms with Gasteiger partial charge in [0.15, 0.2) is 0 Å². The molecule has 1 saturated carbocycles. The maximum atomic E-state index is 12.4. The topological polar surface area (TPSA) is 58.6 Å². The van der Waals surface area contributed by atoms with Gasteiger partial charge in [-0.05, 0) is 31.9 Å². The van der Waals surface area contributed by atoms with Crippen molar-refractivity contribution in [2.75, 3.05) is 19.8 Å². The van der Waals surface area contributed by atoms with Crippen LogP contribution in [0.15, 0.2) is 24.3 Å². The molecule has 0 bridgehead atoms. The highest BCUT2D eigenvalue weighted by atomic mass is 16.5. The Labute approximate surface area is 126 Å². The standard InChI is InChI=1S/C17H25NO3/c1-2-21-15-9-5-4-8-14(15)16(20)18-12-17(13-19)10-6-3-7-11-17/h4-5,8-9,19H,2-3,6-7,10-13H2,1H3,(H,18,20). The van der Waals surface area contributed by atoms with Crippen molar-refractivity contribution >= 4 is 5.91 Å². The summed E-state index contributed by atoms with van der Waals surface area (Å²) in [5.41, 5.74) is 0.414. The fourth-order valence-electron chi connectivity index (χ4n) is 2.99. The van der Waals surface area contributed by atoms with Gasteiger partial charge in [-0.2, -0.15) is 0 Å². The van der Waals surface area contributed by atoms with E-state index >= 15 is 0 Å². The van der Waals surface area contributed by atoms with Crippen LogP contribution in [0.3, 0.4) is 0 Å². The molecule has 4 heteroatoms. The van der Waals surface area contributed by atoms with Gasteiger partial charge >= 0.3 is 0 Å². The molecule has 1 fully saturated rings. The van der Waals surface area contributed by atoms with Crippen molar-refractivity contribution < 1.29 is 14.6 Å². The quantitative estimate of drug-likeness (QED) is 0.847. The van der Waals surface area contributed by atoms with Gasteiger partial charge < -0.3 is 15.2 Å². The third kappa shape index (κ3) is 3.97. The van der Waals surface area contributed by atoms with Crippen molar-refractivity contribution in [2.24, 2.45) is 5.41 Å². The fraction of sp³-hybridized carbons (Fsp3) is 0.588. The molecule has 4 nitrogen and oxygen atoms in total. The summed E-state index contributed by atoms with van der Waals surface area (Å²) in [6, 6.07) is 7.27. The summed E-state index contributed by atoms with van der Waals surface area (Å²) >= 11 is 0. The van der Waals surface area contributed by atoms with Crippen LogP contribution in [0.4, 0.5) is 0 Å². The number of carbonyl (C=O) groups excluding carboxylic acids is 1.